The summed E-state index contributed by atoms with van der Waals surface area (Å²) in [5.74, 6) is -0.643. The summed E-state index contributed by atoms with van der Waals surface area (Å²) in [6.07, 6.45) is -1.59. The minimum absolute atomic E-state index is 0.151. The molecule has 2 N–H and O–H groups in total. The third-order valence-electron chi connectivity index (χ3n) is 4.84. The van der Waals surface area contributed by atoms with Gasteiger partial charge in [-0.1, -0.05) is 51.3 Å². The van der Waals surface area contributed by atoms with E-state index in [2.05, 4.69) is 17.9 Å². The number of aliphatic hydroxyl groups excluding tert-OH is 2. The van der Waals surface area contributed by atoms with E-state index in [1.54, 1.807) is 24.3 Å². The molecule has 2 aromatic rings. The average molecular weight is 440 g/mol. The number of rotatable bonds is 10. The first-order chi connectivity index (χ1) is 14.9. The van der Waals surface area contributed by atoms with Crippen LogP contribution in [0.5, 0.6) is 11.5 Å². The molecule has 2 atom stereocenters. The van der Waals surface area contributed by atoms with Gasteiger partial charge in [-0.05, 0) is 54.8 Å². The highest BCUT2D eigenvalue weighted by Crippen LogP contribution is 2.33. The molecule has 0 bridgehead atoms. The maximum absolute atomic E-state index is 11.7. The van der Waals surface area contributed by atoms with Crippen molar-refractivity contribution in [3.63, 3.8) is 0 Å². The van der Waals surface area contributed by atoms with Crippen molar-refractivity contribution in [3.8, 4) is 11.5 Å². The Morgan fingerprint density at radius 3 is 1.66 bits per heavy atom. The maximum Gasteiger partial charge on any atom is 0.360 e. The van der Waals surface area contributed by atoms with Gasteiger partial charge in [0.25, 0.3) is 6.29 Å². The number of benzene rings is 2. The van der Waals surface area contributed by atoms with E-state index < -0.39 is 29.9 Å². The molecule has 0 aliphatic rings. The fourth-order valence-electron chi connectivity index (χ4n) is 2.79. The third kappa shape index (κ3) is 6.29. The summed E-state index contributed by atoms with van der Waals surface area (Å²) in [4.78, 5) is 23.1. The van der Waals surface area contributed by atoms with Crippen LogP contribution in [0.3, 0.4) is 0 Å². The van der Waals surface area contributed by atoms with Crippen molar-refractivity contribution in [1.82, 2.24) is 0 Å². The predicted octanol–water partition coefficient (Wildman–Crippen LogP) is 3.63. The van der Waals surface area contributed by atoms with Crippen LogP contribution in [0.25, 0.3) is 0 Å². The van der Waals surface area contributed by atoms with Crippen LogP contribution in [0.4, 0.5) is 0 Å². The Bertz CT molecular complexity index is 988. The fourth-order valence-corrected chi connectivity index (χ4v) is 2.79. The van der Waals surface area contributed by atoms with Crippen LogP contribution in [0.2, 0.25) is 0 Å². The van der Waals surface area contributed by atoms with Gasteiger partial charge in [-0.15, -0.1) is 0 Å². The molecule has 2 aromatic carbocycles. The summed E-state index contributed by atoms with van der Waals surface area (Å²) < 4.78 is 15.2. The van der Waals surface area contributed by atoms with Crippen molar-refractivity contribution in [2.75, 3.05) is 0 Å². The molecular formula is C25H28O7. The fraction of sp³-hybridized carbons (Fsp3) is 0.280. The number of ether oxygens (including phenoxy) is 3. The monoisotopic (exact) mass is 440 g/mol. The molecular weight excluding hydrogens is 412 g/mol. The van der Waals surface area contributed by atoms with Gasteiger partial charge >= 0.3 is 12.4 Å². The Morgan fingerprint density at radius 1 is 0.812 bits per heavy atom. The second kappa shape index (κ2) is 10.3. The first-order valence-corrected chi connectivity index (χ1v) is 9.88. The van der Waals surface area contributed by atoms with Crippen LogP contribution in [0.1, 0.15) is 38.8 Å². The van der Waals surface area contributed by atoms with E-state index in [1.807, 2.05) is 38.1 Å². The van der Waals surface area contributed by atoms with Crippen molar-refractivity contribution < 1.29 is 34.0 Å². The summed E-state index contributed by atoms with van der Waals surface area (Å²) >= 11 is 0. The molecule has 0 heterocycles. The van der Waals surface area contributed by atoms with Crippen LogP contribution in [-0.4, -0.2) is 34.7 Å². The molecule has 0 saturated heterocycles. The first-order valence-electron chi connectivity index (χ1n) is 9.88. The Balaban J connectivity index is 2.07. The van der Waals surface area contributed by atoms with Crippen LogP contribution in [0.15, 0.2) is 72.8 Å². The molecule has 0 aliphatic heterocycles. The van der Waals surface area contributed by atoms with Crippen molar-refractivity contribution in [1.29, 1.82) is 0 Å². The zero-order valence-corrected chi connectivity index (χ0v) is 18.6. The van der Waals surface area contributed by atoms with Crippen molar-refractivity contribution in [2.45, 2.75) is 45.9 Å². The second-order valence-electron chi connectivity index (χ2n) is 7.90. The van der Waals surface area contributed by atoms with Crippen molar-refractivity contribution >= 4 is 11.8 Å². The Morgan fingerprint density at radius 2 is 1.25 bits per heavy atom. The SMILES string of the molecule is C=C(C)C(=O)OC(O)Oc1ccc(C(C)(C)c2ccc(OC(O)C(=O)C(=C)C)cc2)cc1. The van der Waals surface area contributed by atoms with Crippen LogP contribution >= 0.6 is 0 Å². The molecule has 32 heavy (non-hydrogen) atoms. The summed E-state index contributed by atoms with van der Waals surface area (Å²) in [5, 5.41) is 19.5. The Kier molecular flexibility index (Phi) is 7.97. The Hall–Kier alpha value is -3.42. The molecule has 0 fully saturated rings. The van der Waals surface area contributed by atoms with E-state index in [4.69, 9.17) is 9.47 Å². The lowest BCUT2D eigenvalue weighted by Gasteiger charge is -2.26. The number of hydrogen-bond donors (Lipinski definition) is 2. The highest BCUT2D eigenvalue weighted by atomic mass is 16.8. The van der Waals surface area contributed by atoms with Gasteiger partial charge in [0.2, 0.25) is 5.78 Å². The van der Waals surface area contributed by atoms with Crippen LogP contribution in [-0.2, 0) is 19.7 Å². The molecule has 0 amide bonds. The lowest BCUT2D eigenvalue weighted by molar-refractivity contribution is -0.213. The molecule has 0 aliphatic carbocycles. The van der Waals surface area contributed by atoms with Gasteiger partial charge in [0.05, 0.1) is 0 Å². The first kappa shape index (κ1) is 24.8. The number of ketones is 1. The highest BCUT2D eigenvalue weighted by molar-refractivity contribution is 5.96. The zero-order chi connectivity index (χ0) is 24.1. The number of aliphatic hydroxyl groups is 2. The highest BCUT2D eigenvalue weighted by Gasteiger charge is 2.24. The maximum atomic E-state index is 11.7. The van der Waals surface area contributed by atoms with E-state index in [0.717, 1.165) is 11.1 Å². The molecule has 7 heteroatoms. The van der Waals surface area contributed by atoms with Crippen LogP contribution < -0.4 is 9.47 Å². The number of Topliss-reactive ketones (excluding diaryl/α,β-unsaturated/α-hetero) is 1. The van der Waals surface area contributed by atoms with Gasteiger partial charge in [-0.3, -0.25) is 4.79 Å². The smallest absolute Gasteiger partial charge is 0.360 e. The average Bonchev–Trinajstić information content (AvgIpc) is 2.73. The minimum Gasteiger partial charge on any atom is -0.457 e. The third-order valence-corrected chi connectivity index (χ3v) is 4.84. The molecule has 7 nitrogen and oxygen atoms in total. The largest absolute Gasteiger partial charge is 0.457 e. The topological polar surface area (TPSA) is 102 Å². The van der Waals surface area contributed by atoms with E-state index in [9.17, 15) is 19.8 Å². The number of carbonyl (C=O) groups excluding carboxylic acids is 2. The summed E-state index contributed by atoms with van der Waals surface area (Å²) in [6.45, 7) is 12.2. The second-order valence-corrected chi connectivity index (χ2v) is 7.90. The molecule has 0 spiro atoms. The van der Waals surface area contributed by atoms with Crippen LogP contribution in [0, 0.1) is 0 Å². The van der Waals surface area contributed by atoms with E-state index in [-0.39, 0.29) is 11.1 Å². The zero-order valence-electron chi connectivity index (χ0n) is 18.6. The molecule has 0 saturated carbocycles. The molecule has 2 rings (SSSR count). The van der Waals surface area contributed by atoms with Gasteiger partial charge in [0.1, 0.15) is 11.5 Å². The predicted molar refractivity (Wildman–Crippen MR) is 119 cm³/mol. The van der Waals surface area contributed by atoms with E-state index >= 15 is 0 Å². The summed E-state index contributed by atoms with van der Waals surface area (Å²) in [7, 11) is 0. The standard InChI is InChI=1S/C25H28O7/c1-15(2)21(26)23(28)30-19-11-7-17(8-12-19)25(5,6)18-9-13-20(14-10-18)31-24(29)32-22(27)16(3)4/h7-14,23-24,28-29H,1,3H2,2,4-6H3. The number of hydrogen-bond acceptors (Lipinski definition) is 7. The van der Waals surface area contributed by atoms with Gasteiger partial charge in [-0.2, -0.15) is 0 Å². The van der Waals surface area contributed by atoms with Crippen molar-refractivity contribution in [3.05, 3.63) is 84.0 Å². The van der Waals surface area contributed by atoms with Gasteiger partial charge in [0.15, 0.2) is 0 Å². The quantitative estimate of drug-likeness (QED) is 0.330. The lowest BCUT2D eigenvalue weighted by Crippen LogP contribution is -2.27. The van der Waals surface area contributed by atoms with Gasteiger partial charge in [-0.25, -0.2) is 4.79 Å². The number of carbonyl (C=O) groups is 2. The van der Waals surface area contributed by atoms with Crippen molar-refractivity contribution in [2.24, 2.45) is 0 Å². The van der Waals surface area contributed by atoms with Gasteiger partial charge in [0, 0.05) is 11.0 Å². The van der Waals surface area contributed by atoms with E-state index in [0.29, 0.717) is 11.5 Å². The summed E-state index contributed by atoms with van der Waals surface area (Å²) in [6, 6.07) is 14.0. The normalized spacial score (nSPS) is 12.9. The molecule has 170 valence electrons. The number of esters is 1. The molecule has 0 radical (unpaired) electrons. The molecule has 0 aromatic heterocycles. The molecule has 2 unspecified atom stereocenters. The Labute approximate surface area is 187 Å². The minimum atomic E-state index is -1.74. The lowest BCUT2D eigenvalue weighted by atomic mass is 9.78. The van der Waals surface area contributed by atoms with E-state index in [1.165, 1.54) is 13.8 Å². The van der Waals surface area contributed by atoms with Gasteiger partial charge < -0.3 is 24.4 Å². The summed E-state index contributed by atoms with van der Waals surface area (Å²) in [5.41, 5.74) is 1.90.